The predicted octanol–water partition coefficient (Wildman–Crippen LogP) is 1.86. The molecule has 0 aliphatic carbocycles. The van der Waals surface area contributed by atoms with Gasteiger partial charge in [0.15, 0.2) is 5.96 Å². The highest BCUT2D eigenvalue weighted by atomic mass is 127. The lowest BCUT2D eigenvalue weighted by molar-refractivity contribution is 0.0513. The van der Waals surface area contributed by atoms with Crippen molar-refractivity contribution < 1.29 is 9.47 Å². The molecule has 0 atom stereocenters. The topological polar surface area (TPSA) is 85.6 Å². The summed E-state index contributed by atoms with van der Waals surface area (Å²) in [7, 11) is 5.34. The van der Waals surface area contributed by atoms with Gasteiger partial charge < -0.3 is 20.1 Å². The molecular formula is C19H29IN6O2. The number of aryl methyl sites for hydroxylation is 1. The fraction of sp³-hybridized carbons (Fsp3) is 0.526. The minimum absolute atomic E-state index is 0. The van der Waals surface area contributed by atoms with E-state index in [1.54, 1.807) is 25.2 Å². The summed E-state index contributed by atoms with van der Waals surface area (Å²) in [6.45, 7) is 2.87. The number of nitrogens with one attached hydrogen (secondary N) is 2. The van der Waals surface area contributed by atoms with Crippen molar-refractivity contribution in [1.29, 1.82) is 0 Å². The first-order chi connectivity index (χ1) is 13.2. The Hall–Kier alpha value is -1.88. The molecule has 0 unspecified atom stereocenters. The van der Waals surface area contributed by atoms with Crippen LogP contribution in [0.15, 0.2) is 35.6 Å². The molecule has 0 saturated carbocycles. The highest BCUT2D eigenvalue weighted by molar-refractivity contribution is 14.0. The van der Waals surface area contributed by atoms with Crippen LogP contribution in [-0.4, -0.2) is 54.6 Å². The number of rotatable bonds is 6. The van der Waals surface area contributed by atoms with Crippen LogP contribution in [-0.2, 0) is 23.7 Å². The molecule has 2 aromatic rings. The van der Waals surface area contributed by atoms with Crippen LogP contribution < -0.4 is 15.4 Å². The van der Waals surface area contributed by atoms with Gasteiger partial charge in [-0.25, -0.2) is 4.98 Å². The van der Waals surface area contributed by atoms with Gasteiger partial charge in [-0.2, -0.15) is 5.10 Å². The van der Waals surface area contributed by atoms with Crippen LogP contribution in [0.3, 0.4) is 0 Å². The molecular weight excluding hydrogens is 471 g/mol. The molecule has 1 aromatic heterocycles. The number of aliphatic imine (C=N–C) groups is 1. The first kappa shape index (κ1) is 22.4. The summed E-state index contributed by atoms with van der Waals surface area (Å²) in [6.07, 6.45) is 3.48. The van der Waals surface area contributed by atoms with Crippen molar-refractivity contribution >= 4 is 29.9 Å². The molecule has 0 amide bonds. The number of ether oxygens (including phenoxy) is 2. The van der Waals surface area contributed by atoms with Crippen molar-refractivity contribution in [3.8, 4) is 5.75 Å². The van der Waals surface area contributed by atoms with Crippen LogP contribution in [0.1, 0.15) is 24.2 Å². The second-order valence-corrected chi connectivity index (χ2v) is 6.70. The van der Waals surface area contributed by atoms with Crippen molar-refractivity contribution in [3.05, 3.63) is 42.0 Å². The Morgan fingerprint density at radius 1 is 1.25 bits per heavy atom. The minimum Gasteiger partial charge on any atom is -0.497 e. The Bertz CT molecular complexity index is 756. The van der Waals surface area contributed by atoms with Gasteiger partial charge in [0.05, 0.1) is 13.7 Å². The third-order valence-corrected chi connectivity index (χ3v) is 5.19. The van der Waals surface area contributed by atoms with Gasteiger partial charge in [-0.05, 0) is 30.5 Å². The lowest BCUT2D eigenvalue weighted by atomic mass is 9.74. The summed E-state index contributed by atoms with van der Waals surface area (Å²) in [5, 5.41) is 10.9. The number of hydrogen-bond acceptors (Lipinski definition) is 5. The molecule has 28 heavy (non-hydrogen) atoms. The van der Waals surface area contributed by atoms with Gasteiger partial charge in [0.1, 0.15) is 17.9 Å². The zero-order valence-corrected chi connectivity index (χ0v) is 19.0. The zero-order chi connectivity index (χ0) is 19.1. The van der Waals surface area contributed by atoms with Crippen LogP contribution in [0.4, 0.5) is 0 Å². The van der Waals surface area contributed by atoms with Crippen molar-refractivity contribution in [1.82, 2.24) is 25.4 Å². The standard InChI is InChI=1S/C19H28N6O2.HI/c1-20-18(21-12-17-23-14-24-25(17)2)22-13-19(8-10-27-11-9-19)15-4-6-16(26-3)7-5-15;/h4-7,14H,8-13H2,1-3H3,(H2,20,21,22);1H. The maximum atomic E-state index is 5.62. The van der Waals surface area contributed by atoms with Gasteiger partial charge in [-0.3, -0.25) is 9.67 Å². The largest absolute Gasteiger partial charge is 0.497 e. The molecule has 1 aliphatic rings. The molecule has 0 bridgehead atoms. The molecule has 1 saturated heterocycles. The molecule has 8 nitrogen and oxygen atoms in total. The van der Waals surface area contributed by atoms with Crippen molar-refractivity contribution in [3.63, 3.8) is 0 Å². The Labute approximate surface area is 183 Å². The quantitative estimate of drug-likeness (QED) is 0.358. The van der Waals surface area contributed by atoms with Crippen LogP contribution >= 0.6 is 24.0 Å². The Morgan fingerprint density at radius 2 is 1.96 bits per heavy atom. The number of nitrogens with zero attached hydrogens (tertiary/aromatic N) is 4. The number of guanidine groups is 1. The van der Waals surface area contributed by atoms with Gasteiger partial charge in [0.2, 0.25) is 0 Å². The van der Waals surface area contributed by atoms with E-state index >= 15 is 0 Å². The molecule has 3 rings (SSSR count). The van der Waals surface area contributed by atoms with E-state index in [0.29, 0.717) is 6.54 Å². The normalized spacial score (nSPS) is 16.2. The summed E-state index contributed by atoms with van der Waals surface area (Å²) in [4.78, 5) is 8.57. The molecule has 0 radical (unpaired) electrons. The van der Waals surface area contributed by atoms with E-state index in [2.05, 4.69) is 37.8 Å². The molecule has 2 heterocycles. The second-order valence-electron chi connectivity index (χ2n) is 6.70. The first-order valence-corrected chi connectivity index (χ1v) is 9.16. The van der Waals surface area contributed by atoms with Gasteiger partial charge in [-0.15, -0.1) is 24.0 Å². The summed E-state index contributed by atoms with van der Waals surface area (Å²) in [5.41, 5.74) is 1.30. The molecule has 154 valence electrons. The summed E-state index contributed by atoms with van der Waals surface area (Å²) in [6, 6.07) is 8.35. The Balaban J connectivity index is 0.00000280. The van der Waals surface area contributed by atoms with Gasteiger partial charge >= 0.3 is 0 Å². The molecule has 1 aliphatic heterocycles. The molecule has 1 fully saturated rings. The van der Waals surface area contributed by atoms with E-state index in [4.69, 9.17) is 9.47 Å². The zero-order valence-electron chi connectivity index (χ0n) is 16.6. The highest BCUT2D eigenvalue weighted by Gasteiger charge is 2.34. The SMILES string of the molecule is CN=C(NCc1ncnn1C)NCC1(c2ccc(OC)cc2)CCOCC1.I. The highest BCUT2D eigenvalue weighted by Crippen LogP contribution is 2.35. The van der Waals surface area contributed by atoms with Crippen molar-refractivity contribution in [2.24, 2.45) is 12.0 Å². The average Bonchev–Trinajstić information content (AvgIpc) is 3.13. The van der Waals surface area contributed by atoms with Crippen molar-refractivity contribution in [2.75, 3.05) is 33.9 Å². The van der Waals surface area contributed by atoms with Crippen LogP contribution in [0.5, 0.6) is 5.75 Å². The molecule has 0 spiro atoms. The fourth-order valence-electron chi connectivity index (χ4n) is 3.39. The number of hydrogen-bond donors (Lipinski definition) is 2. The summed E-state index contributed by atoms with van der Waals surface area (Å²) in [5.74, 6) is 2.47. The lowest BCUT2D eigenvalue weighted by Crippen LogP contribution is -2.48. The van der Waals surface area contributed by atoms with E-state index in [-0.39, 0.29) is 29.4 Å². The molecule has 9 heteroatoms. The van der Waals surface area contributed by atoms with Crippen LogP contribution in [0.2, 0.25) is 0 Å². The van der Waals surface area contributed by atoms with Crippen LogP contribution in [0.25, 0.3) is 0 Å². The molecule has 2 N–H and O–H groups in total. The minimum atomic E-state index is 0. The fourth-order valence-corrected chi connectivity index (χ4v) is 3.39. The van der Waals surface area contributed by atoms with Crippen molar-refractivity contribution in [2.45, 2.75) is 24.8 Å². The molecule has 1 aromatic carbocycles. The number of methoxy groups -OCH3 is 1. The number of halogens is 1. The number of benzene rings is 1. The third-order valence-electron chi connectivity index (χ3n) is 5.19. The van der Waals surface area contributed by atoms with E-state index in [1.807, 2.05) is 19.2 Å². The monoisotopic (exact) mass is 500 g/mol. The van der Waals surface area contributed by atoms with E-state index in [0.717, 1.165) is 50.1 Å². The van der Waals surface area contributed by atoms with E-state index < -0.39 is 0 Å². The van der Waals surface area contributed by atoms with Gasteiger partial charge in [0, 0.05) is 39.3 Å². The average molecular weight is 500 g/mol. The summed E-state index contributed by atoms with van der Waals surface area (Å²) >= 11 is 0. The van der Waals surface area contributed by atoms with Crippen LogP contribution in [0, 0.1) is 0 Å². The number of aromatic nitrogens is 3. The maximum Gasteiger partial charge on any atom is 0.191 e. The van der Waals surface area contributed by atoms with Gasteiger partial charge in [0.25, 0.3) is 0 Å². The maximum absolute atomic E-state index is 5.62. The predicted molar refractivity (Wildman–Crippen MR) is 119 cm³/mol. The smallest absolute Gasteiger partial charge is 0.191 e. The lowest BCUT2D eigenvalue weighted by Gasteiger charge is -2.38. The van der Waals surface area contributed by atoms with E-state index in [9.17, 15) is 0 Å². The Morgan fingerprint density at radius 3 is 2.54 bits per heavy atom. The Kier molecular flexibility index (Phi) is 8.49. The summed E-state index contributed by atoms with van der Waals surface area (Å²) < 4.78 is 12.7. The first-order valence-electron chi connectivity index (χ1n) is 9.16. The second kappa shape index (κ2) is 10.6. The van der Waals surface area contributed by atoms with E-state index in [1.165, 1.54) is 5.56 Å². The third kappa shape index (κ3) is 5.34. The van der Waals surface area contributed by atoms with Gasteiger partial charge in [-0.1, -0.05) is 12.1 Å².